The molecule has 1 aromatic carbocycles. The van der Waals surface area contributed by atoms with Crippen LogP contribution in [0.2, 0.25) is 0 Å². The Morgan fingerprint density at radius 1 is 1.20 bits per heavy atom. The summed E-state index contributed by atoms with van der Waals surface area (Å²) in [6, 6.07) is 6.94. The minimum atomic E-state index is 0.123. The molecule has 1 saturated heterocycles. The minimum absolute atomic E-state index is 0.123. The maximum absolute atomic E-state index is 7.57. The average molecular weight is 336 g/mol. The van der Waals surface area contributed by atoms with Crippen molar-refractivity contribution in [1.29, 1.82) is 5.41 Å². The van der Waals surface area contributed by atoms with E-state index in [0.717, 1.165) is 22.5 Å². The lowest BCUT2D eigenvalue weighted by molar-refractivity contribution is 0.244. The minimum Gasteiger partial charge on any atom is -0.384 e. The van der Waals surface area contributed by atoms with Crippen molar-refractivity contribution in [3.05, 3.63) is 28.2 Å². The summed E-state index contributed by atoms with van der Waals surface area (Å²) in [4.78, 5) is 2.59. The maximum Gasteiger partial charge on any atom is 0.123 e. The van der Waals surface area contributed by atoms with Crippen LogP contribution in [0, 0.1) is 11.3 Å². The van der Waals surface area contributed by atoms with Crippen LogP contribution in [0.3, 0.4) is 0 Å². The zero-order chi connectivity index (χ0) is 14.1. The van der Waals surface area contributed by atoms with Gasteiger partial charge >= 0.3 is 0 Å². The molecule has 3 nitrogen and oxygen atoms in total. The molecule has 108 valence electrons. The summed E-state index contributed by atoms with van der Waals surface area (Å²) in [5.41, 5.74) is 7.65. The summed E-state index contributed by atoms with van der Waals surface area (Å²) in [5.74, 6) is 1.00. The lowest BCUT2D eigenvalue weighted by Crippen LogP contribution is -2.46. The summed E-state index contributed by atoms with van der Waals surface area (Å²) < 4.78 is 0.931. The van der Waals surface area contributed by atoms with Crippen LogP contribution in [0.25, 0.3) is 0 Å². The highest BCUT2D eigenvalue weighted by molar-refractivity contribution is 9.10. The molecular formula is C16H22BrN3. The third-order valence-electron chi connectivity index (χ3n) is 4.82. The number of piperidine rings is 1. The first-order valence-electron chi connectivity index (χ1n) is 7.57. The van der Waals surface area contributed by atoms with Crippen LogP contribution >= 0.6 is 15.9 Å². The number of anilines is 1. The summed E-state index contributed by atoms with van der Waals surface area (Å²) in [6.45, 7) is 1.16. The molecule has 0 amide bonds. The molecule has 1 heterocycles. The van der Waals surface area contributed by atoms with Crippen molar-refractivity contribution < 1.29 is 0 Å². The van der Waals surface area contributed by atoms with E-state index in [0.29, 0.717) is 6.04 Å². The van der Waals surface area contributed by atoms with Gasteiger partial charge in [-0.3, -0.25) is 5.41 Å². The molecule has 1 saturated carbocycles. The lowest BCUT2D eigenvalue weighted by atomic mass is 9.78. The molecule has 2 aliphatic rings. The molecule has 0 unspecified atom stereocenters. The van der Waals surface area contributed by atoms with Gasteiger partial charge in [-0.1, -0.05) is 12.8 Å². The Bertz CT molecular complexity index is 512. The highest BCUT2D eigenvalue weighted by atomic mass is 79.9. The number of nitrogens with zero attached hydrogens (tertiary/aromatic N) is 1. The fourth-order valence-electron chi connectivity index (χ4n) is 3.85. The van der Waals surface area contributed by atoms with Gasteiger partial charge in [0.25, 0.3) is 0 Å². The SMILES string of the molecule is N=C(N)c1ccc(N2CCC[C@H]3CCCC[C@H]32)cc1Br. The van der Waals surface area contributed by atoms with E-state index >= 15 is 0 Å². The Balaban J connectivity index is 1.87. The molecular weight excluding hydrogens is 314 g/mol. The van der Waals surface area contributed by atoms with Gasteiger partial charge in [0.2, 0.25) is 0 Å². The van der Waals surface area contributed by atoms with Gasteiger partial charge in [0, 0.05) is 28.3 Å². The van der Waals surface area contributed by atoms with Gasteiger partial charge in [-0.05, 0) is 65.7 Å². The number of halogens is 1. The molecule has 0 spiro atoms. The molecule has 0 bridgehead atoms. The maximum atomic E-state index is 7.57. The second-order valence-electron chi connectivity index (χ2n) is 6.03. The van der Waals surface area contributed by atoms with Crippen molar-refractivity contribution >= 4 is 27.5 Å². The van der Waals surface area contributed by atoms with E-state index in [2.05, 4.69) is 33.0 Å². The number of nitrogen functional groups attached to an aromatic ring is 1. The molecule has 0 aromatic heterocycles. The van der Waals surface area contributed by atoms with Crippen LogP contribution in [0.5, 0.6) is 0 Å². The van der Waals surface area contributed by atoms with Crippen molar-refractivity contribution in [2.24, 2.45) is 11.7 Å². The molecule has 1 aliphatic carbocycles. The van der Waals surface area contributed by atoms with Gasteiger partial charge in [-0.25, -0.2) is 0 Å². The predicted molar refractivity (Wildman–Crippen MR) is 87.5 cm³/mol. The zero-order valence-electron chi connectivity index (χ0n) is 11.7. The van der Waals surface area contributed by atoms with Crippen LogP contribution in [0.15, 0.2) is 22.7 Å². The average Bonchev–Trinajstić information content (AvgIpc) is 2.46. The largest absolute Gasteiger partial charge is 0.384 e. The Kier molecular flexibility index (Phi) is 4.01. The van der Waals surface area contributed by atoms with E-state index in [1.807, 2.05) is 6.07 Å². The number of fused-ring (bicyclic) bond motifs is 1. The first kappa shape index (κ1) is 13.9. The quantitative estimate of drug-likeness (QED) is 0.636. The van der Waals surface area contributed by atoms with E-state index in [1.165, 1.54) is 44.2 Å². The number of benzene rings is 1. The van der Waals surface area contributed by atoms with Crippen molar-refractivity contribution in [3.63, 3.8) is 0 Å². The van der Waals surface area contributed by atoms with Gasteiger partial charge in [0.1, 0.15) is 5.84 Å². The van der Waals surface area contributed by atoms with E-state index < -0.39 is 0 Å². The normalized spacial score (nSPS) is 26.1. The number of nitrogens with one attached hydrogen (secondary N) is 1. The zero-order valence-corrected chi connectivity index (χ0v) is 13.3. The fourth-order valence-corrected chi connectivity index (χ4v) is 4.43. The molecule has 0 radical (unpaired) electrons. The molecule has 2 fully saturated rings. The number of hydrogen-bond donors (Lipinski definition) is 2. The van der Waals surface area contributed by atoms with Crippen LogP contribution in [0.1, 0.15) is 44.1 Å². The van der Waals surface area contributed by atoms with Crippen molar-refractivity contribution in [3.8, 4) is 0 Å². The smallest absolute Gasteiger partial charge is 0.123 e. The lowest BCUT2D eigenvalue weighted by Gasteiger charge is -2.45. The standard InChI is InChI=1S/C16H22BrN3/c17-14-10-12(7-8-13(14)16(18)19)20-9-3-5-11-4-1-2-6-15(11)20/h7-8,10-11,15H,1-6,9H2,(H3,18,19)/t11-,15-/m1/s1. The van der Waals surface area contributed by atoms with Gasteiger partial charge in [0.15, 0.2) is 0 Å². The van der Waals surface area contributed by atoms with Crippen molar-refractivity contribution in [2.45, 2.75) is 44.6 Å². The van der Waals surface area contributed by atoms with Crippen LogP contribution in [0.4, 0.5) is 5.69 Å². The number of hydrogen-bond acceptors (Lipinski definition) is 2. The first-order chi connectivity index (χ1) is 9.66. The third kappa shape index (κ3) is 2.58. The molecule has 1 aliphatic heterocycles. The topological polar surface area (TPSA) is 53.1 Å². The molecule has 3 rings (SSSR count). The fraction of sp³-hybridized carbons (Fsp3) is 0.562. The molecule has 1 aromatic rings. The summed E-state index contributed by atoms with van der Waals surface area (Å²) in [5, 5.41) is 7.57. The summed E-state index contributed by atoms with van der Waals surface area (Å²) >= 11 is 3.55. The second-order valence-corrected chi connectivity index (χ2v) is 6.88. The van der Waals surface area contributed by atoms with Crippen LogP contribution < -0.4 is 10.6 Å². The van der Waals surface area contributed by atoms with Gasteiger partial charge < -0.3 is 10.6 Å². The highest BCUT2D eigenvalue weighted by Crippen LogP contribution is 2.38. The van der Waals surface area contributed by atoms with Crippen molar-refractivity contribution in [2.75, 3.05) is 11.4 Å². The van der Waals surface area contributed by atoms with Gasteiger partial charge in [-0.15, -0.1) is 0 Å². The monoisotopic (exact) mass is 335 g/mol. The number of amidine groups is 1. The first-order valence-corrected chi connectivity index (χ1v) is 8.36. The van der Waals surface area contributed by atoms with Gasteiger partial charge in [0.05, 0.1) is 0 Å². The summed E-state index contributed by atoms with van der Waals surface area (Å²) in [7, 11) is 0. The van der Waals surface area contributed by atoms with Gasteiger partial charge in [-0.2, -0.15) is 0 Å². The number of nitrogens with two attached hydrogens (primary N) is 1. The summed E-state index contributed by atoms with van der Waals surface area (Å²) in [6.07, 6.45) is 8.19. The number of rotatable bonds is 2. The van der Waals surface area contributed by atoms with E-state index in [4.69, 9.17) is 11.1 Å². The van der Waals surface area contributed by atoms with Crippen LogP contribution in [-0.4, -0.2) is 18.4 Å². The molecule has 2 atom stereocenters. The molecule has 4 heteroatoms. The third-order valence-corrected chi connectivity index (χ3v) is 5.47. The van der Waals surface area contributed by atoms with E-state index in [9.17, 15) is 0 Å². The Labute approximate surface area is 129 Å². The van der Waals surface area contributed by atoms with Crippen molar-refractivity contribution in [1.82, 2.24) is 0 Å². The Hall–Kier alpha value is -1.03. The second kappa shape index (κ2) is 5.76. The molecule has 20 heavy (non-hydrogen) atoms. The van der Waals surface area contributed by atoms with E-state index in [-0.39, 0.29) is 5.84 Å². The Morgan fingerprint density at radius 2 is 1.95 bits per heavy atom. The predicted octanol–water partition coefficient (Wildman–Crippen LogP) is 3.89. The Morgan fingerprint density at radius 3 is 2.70 bits per heavy atom. The molecule has 3 N–H and O–H groups in total. The van der Waals surface area contributed by atoms with E-state index in [1.54, 1.807) is 0 Å². The van der Waals surface area contributed by atoms with Crippen LogP contribution in [-0.2, 0) is 0 Å². The highest BCUT2D eigenvalue weighted by Gasteiger charge is 2.33.